The predicted molar refractivity (Wildman–Crippen MR) is 254 cm³/mol. The van der Waals surface area contributed by atoms with Crippen LogP contribution in [0.1, 0.15) is 181 Å². The average Bonchev–Trinajstić information content (AvgIpc) is 3.25. The fourth-order valence-corrected chi connectivity index (χ4v) is 6.73. The van der Waals surface area contributed by atoms with Gasteiger partial charge in [0.2, 0.25) is 5.91 Å². The number of esters is 1. The van der Waals surface area contributed by atoms with Crippen molar-refractivity contribution in [3.05, 3.63) is 85.1 Å². The molecular weight excluding hydrogens is 806 g/mol. The van der Waals surface area contributed by atoms with Crippen molar-refractivity contribution in [3.63, 3.8) is 0 Å². The number of ether oxygens (including phenoxy) is 1. The number of phosphoric acid groups is 1. The largest absolute Gasteiger partial charge is 0.480 e. The summed E-state index contributed by atoms with van der Waals surface area (Å²) in [6, 6.07) is -1.56. The third-order valence-electron chi connectivity index (χ3n) is 9.66. The van der Waals surface area contributed by atoms with Crippen LogP contribution in [-0.4, -0.2) is 64.9 Å². The van der Waals surface area contributed by atoms with Gasteiger partial charge in [-0.15, -0.1) is 0 Å². The Bertz CT molecular complexity index is 1370. The Kier molecular flexibility index (Phi) is 41.9. The zero-order valence-corrected chi connectivity index (χ0v) is 39.3. The number of aliphatic hydroxyl groups excluding tert-OH is 1. The molecule has 0 saturated carbocycles. The first kappa shape index (κ1) is 58.7. The van der Waals surface area contributed by atoms with Crippen molar-refractivity contribution < 1.29 is 47.8 Å². The molecule has 11 nitrogen and oxygen atoms in total. The lowest BCUT2D eigenvalue weighted by Gasteiger charge is -2.18. The Hall–Kier alpha value is -3.34. The maximum atomic E-state index is 12.3. The molecule has 3 atom stereocenters. The average molecular weight is 890 g/mol. The standard InChI is InChI=1S/C50H84NO10P/c1-3-5-7-9-11-13-15-17-19-21-22-23-24-26-27-29-31-33-35-37-39-41-48(53)51-47(50(55)56)45-61-62(57,58)60-44-46(52)43-59-49(54)42-40-38-36-34-32-30-28-25-20-18-16-14-12-10-8-6-4-2/h11-14,17-20,22-23,28,30,34,36,46-47,52H,3-10,15-16,21,24-27,29,31-33,35,37-45H2,1-2H3,(H,51,53)(H,55,56)(H,57,58)/b13-11-,14-12-,19-17-,20-18-,23-22-,30-28-,36-34-. The van der Waals surface area contributed by atoms with E-state index in [2.05, 4.69) is 92.1 Å². The highest BCUT2D eigenvalue weighted by atomic mass is 31.2. The van der Waals surface area contributed by atoms with Crippen LogP contribution in [-0.2, 0) is 32.7 Å². The quantitative estimate of drug-likeness (QED) is 0.0200. The van der Waals surface area contributed by atoms with Crippen molar-refractivity contribution >= 4 is 25.7 Å². The molecule has 0 radical (unpaired) electrons. The highest BCUT2D eigenvalue weighted by Gasteiger charge is 2.28. The summed E-state index contributed by atoms with van der Waals surface area (Å²) in [5, 5.41) is 21.9. The molecule has 0 bridgehead atoms. The van der Waals surface area contributed by atoms with Gasteiger partial charge < -0.3 is 25.2 Å². The van der Waals surface area contributed by atoms with Crippen molar-refractivity contribution in [1.29, 1.82) is 0 Å². The van der Waals surface area contributed by atoms with Crippen LogP contribution in [0, 0.1) is 0 Å². The van der Waals surface area contributed by atoms with Crippen LogP contribution in [0.4, 0.5) is 0 Å². The minimum Gasteiger partial charge on any atom is -0.480 e. The van der Waals surface area contributed by atoms with Crippen molar-refractivity contribution in [2.75, 3.05) is 19.8 Å². The minimum absolute atomic E-state index is 0.129. The first-order valence-electron chi connectivity index (χ1n) is 23.6. The van der Waals surface area contributed by atoms with Crippen LogP contribution in [0.5, 0.6) is 0 Å². The van der Waals surface area contributed by atoms with Gasteiger partial charge in [-0.2, -0.15) is 0 Å². The monoisotopic (exact) mass is 890 g/mol. The van der Waals surface area contributed by atoms with E-state index in [1.165, 1.54) is 64.2 Å². The summed E-state index contributed by atoms with van der Waals surface area (Å²) in [5.41, 5.74) is 0. The van der Waals surface area contributed by atoms with Crippen molar-refractivity contribution in [2.24, 2.45) is 0 Å². The molecule has 0 heterocycles. The fourth-order valence-electron chi connectivity index (χ4n) is 5.96. The lowest BCUT2D eigenvalue weighted by molar-refractivity contribution is -0.147. The zero-order valence-electron chi connectivity index (χ0n) is 38.4. The van der Waals surface area contributed by atoms with Crippen molar-refractivity contribution in [2.45, 2.75) is 193 Å². The number of hydrogen-bond acceptors (Lipinski definition) is 8. The third kappa shape index (κ3) is 43.3. The molecule has 0 saturated heterocycles. The number of nitrogens with one attached hydrogen (secondary N) is 1. The van der Waals surface area contributed by atoms with Gasteiger partial charge in [-0.25, -0.2) is 9.36 Å². The van der Waals surface area contributed by atoms with Gasteiger partial charge in [0, 0.05) is 12.8 Å². The number of unbranched alkanes of at least 4 members (excludes halogenated alkanes) is 15. The summed E-state index contributed by atoms with van der Waals surface area (Å²) in [6.45, 7) is 2.47. The minimum atomic E-state index is -4.78. The third-order valence-corrected chi connectivity index (χ3v) is 10.6. The van der Waals surface area contributed by atoms with Gasteiger partial charge >= 0.3 is 19.8 Å². The first-order valence-corrected chi connectivity index (χ1v) is 25.1. The summed E-state index contributed by atoms with van der Waals surface area (Å²) >= 11 is 0. The molecule has 0 aromatic rings. The Labute approximate surface area is 375 Å². The van der Waals surface area contributed by atoms with E-state index >= 15 is 0 Å². The van der Waals surface area contributed by atoms with Crippen LogP contribution in [0.25, 0.3) is 0 Å². The van der Waals surface area contributed by atoms with E-state index in [4.69, 9.17) is 13.8 Å². The summed E-state index contributed by atoms with van der Waals surface area (Å²) in [5.74, 6) is -2.45. The highest BCUT2D eigenvalue weighted by molar-refractivity contribution is 7.47. The number of amides is 1. The van der Waals surface area contributed by atoms with Gasteiger partial charge in [-0.3, -0.25) is 18.6 Å². The number of carboxylic acid groups (broad SMARTS) is 1. The molecule has 0 fully saturated rings. The SMILES string of the molecule is CCCCC/C=C\C/C=C\C/C=C\C/C=C\CCCC(=O)OCC(O)COP(=O)(O)OCC(NC(=O)CCCCCCCCCC/C=C\C/C=C\C/C=C\CCCCC)C(=O)O. The van der Waals surface area contributed by atoms with E-state index in [9.17, 15) is 34.1 Å². The Morgan fingerprint density at radius 3 is 1.35 bits per heavy atom. The predicted octanol–water partition coefficient (Wildman–Crippen LogP) is 12.7. The van der Waals surface area contributed by atoms with Crippen LogP contribution in [0.2, 0.25) is 0 Å². The highest BCUT2D eigenvalue weighted by Crippen LogP contribution is 2.43. The van der Waals surface area contributed by atoms with Crippen LogP contribution in [0.15, 0.2) is 85.1 Å². The summed E-state index contributed by atoms with van der Waals surface area (Å²) in [4.78, 5) is 46.0. The normalized spacial score (nSPS) is 14.4. The van der Waals surface area contributed by atoms with Crippen LogP contribution < -0.4 is 5.32 Å². The molecule has 4 N–H and O–H groups in total. The smallest absolute Gasteiger partial charge is 0.472 e. The Morgan fingerprint density at radius 1 is 0.516 bits per heavy atom. The molecule has 0 aromatic carbocycles. The molecular formula is C50H84NO10P. The van der Waals surface area contributed by atoms with Crippen molar-refractivity contribution in [1.82, 2.24) is 5.32 Å². The number of aliphatic carboxylic acids is 1. The van der Waals surface area contributed by atoms with Gasteiger partial charge in [-0.05, 0) is 89.9 Å². The lowest BCUT2D eigenvalue weighted by atomic mass is 10.1. The number of rotatable bonds is 43. The molecule has 0 aliphatic carbocycles. The summed E-state index contributed by atoms with van der Waals surface area (Å²) in [7, 11) is -4.78. The van der Waals surface area contributed by atoms with Crippen LogP contribution >= 0.6 is 7.82 Å². The topological polar surface area (TPSA) is 169 Å². The number of allylic oxidation sites excluding steroid dienone is 14. The summed E-state index contributed by atoms with van der Waals surface area (Å²) in [6.07, 6.45) is 54.6. The van der Waals surface area contributed by atoms with E-state index in [1.807, 2.05) is 12.2 Å². The van der Waals surface area contributed by atoms with Gasteiger partial charge in [0.15, 0.2) is 6.04 Å². The fraction of sp³-hybridized carbons (Fsp3) is 0.660. The Balaban J connectivity index is 3.97. The number of hydrogen-bond donors (Lipinski definition) is 4. The van der Waals surface area contributed by atoms with E-state index in [1.54, 1.807) is 0 Å². The second-order valence-corrected chi connectivity index (χ2v) is 17.0. The lowest BCUT2D eigenvalue weighted by Crippen LogP contribution is -2.43. The van der Waals surface area contributed by atoms with E-state index in [0.29, 0.717) is 19.3 Å². The molecule has 354 valence electrons. The van der Waals surface area contributed by atoms with Gasteiger partial charge in [0.05, 0.1) is 13.2 Å². The van der Waals surface area contributed by atoms with Gasteiger partial charge in [0.1, 0.15) is 12.7 Å². The number of carbonyl (C=O) groups excluding carboxylic acids is 2. The molecule has 0 rings (SSSR count). The maximum Gasteiger partial charge on any atom is 0.472 e. The first-order chi connectivity index (χ1) is 30.1. The molecule has 0 aliphatic rings. The van der Waals surface area contributed by atoms with E-state index in [-0.39, 0.29) is 12.8 Å². The number of phosphoric ester groups is 1. The molecule has 0 spiro atoms. The number of carbonyl (C=O) groups is 3. The molecule has 1 amide bonds. The Morgan fingerprint density at radius 2 is 0.903 bits per heavy atom. The molecule has 3 unspecified atom stereocenters. The maximum absolute atomic E-state index is 12.3. The second-order valence-electron chi connectivity index (χ2n) is 15.6. The molecule has 62 heavy (non-hydrogen) atoms. The molecule has 0 aromatic heterocycles. The van der Waals surface area contributed by atoms with Gasteiger partial charge in [0.25, 0.3) is 0 Å². The molecule has 12 heteroatoms. The second kappa shape index (κ2) is 44.3. The zero-order chi connectivity index (χ0) is 45.6. The summed E-state index contributed by atoms with van der Waals surface area (Å²) < 4.78 is 26.8. The number of aliphatic hydroxyl groups is 1. The van der Waals surface area contributed by atoms with Gasteiger partial charge in [-0.1, -0.05) is 163 Å². The molecule has 0 aliphatic heterocycles. The number of carboxylic acids is 1. The van der Waals surface area contributed by atoms with Crippen molar-refractivity contribution in [3.8, 4) is 0 Å². The van der Waals surface area contributed by atoms with E-state index in [0.717, 1.165) is 70.6 Å². The van der Waals surface area contributed by atoms with Crippen LogP contribution in [0.3, 0.4) is 0 Å². The van der Waals surface area contributed by atoms with E-state index < -0.39 is 57.6 Å².